The second-order valence-electron chi connectivity index (χ2n) is 2.97. The van der Waals surface area contributed by atoms with Crippen LogP contribution in [0.3, 0.4) is 0 Å². The van der Waals surface area contributed by atoms with Crippen LogP contribution in [0.2, 0.25) is 0 Å². The fraction of sp³-hybridized carbons (Fsp3) is 0.100. The molecule has 14 heavy (non-hydrogen) atoms. The van der Waals surface area contributed by atoms with Gasteiger partial charge in [0.2, 0.25) is 0 Å². The van der Waals surface area contributed by atoms with Gasteiger partial charge in [-0.05, 0) is 46.4 Å². The second kappa shape index (κ2) is 4.00. The summed E-state index contributed by atoms with van der Waals surface area (Å²) in [6, 6.07) is 7.78. The summed E-state index contributed by atoms with van der Waals surface area (Å²) >= 11 is 2.21. The molecule has 0 saturated carbocycles. The van der Waals surface area contributed by atoms with Crippen molar-refractivity contribution >= 4 is 33.5 Å². The molecule has 0 saturated heterocycles. The molecule has 0 bridgehead atoms. The lowest BCUT2D eigenvalue weighted by atomic mass is 10.1. The van der Waals surface area contributed by atoms with Crippen molar-refractivity contribution in [2.75, 3.05) is 0 Å². The number of aromatic nitrogens is 1. The van der Waals surface area contributed by atoms with E-state index in [0.717, 1.165) is 20.0 Å². The Bertz CT molecular complexity index is 485. The van der Waals surface area contributed by atoms with Crippen molar-refractivity contribution in [1.29, 1.82) is 0 Å². The van der Waals surface area contributed by atoms with Crippen LogP contribution in [0, 0.1) is 8.48 Å². The van der Waals surface area contributed by atoms with Gasteiger partial charge in [0.15, 0.2) is 0 Å². The average molecular weight is 298 g/mol. The number of benzene rings is 1. The third kappa shape index (κ3) is 1.89. The van der Waals surface area contributed by atoms with Crippen LogP contribution in [0.4, 0.5) is 0 Å². The molecule has 0 unspecified atom stereocenters. The molecule has 2 rings (SSSR count). The number of pyridine rings is 1. The molecule has 1 heterocycles. The molecule has 3 nitrogen and oxygen atoms in total. The van der Waals surface area contributed by atoms with E-state index in [1.165, 1.54) is 0 Å². The van der Waals surface area contributed by atoms with E-state index in [-0.39, 0.29) is 6.54 Å². The number of halogens is 1. The summed E-state index contributed by atoms with van der Waals surface area (Å²) in [4.78, 5) is 14.4. The molecule has 1 aromatic heterocycles. The fourth-order valence-electron chi connectivity index (χ4n) is 1.33. The Morgan fingerprint density at radius 1 is 1.36 bits per heavy atom. The Hall–Kier alpha value is -1.04. The number of nitroso groups, excluding NO2 is 1. The highest BCUT2D eigenvalue weighted by molar-refractivity contribution is 14.1. The van der Waals surface area contributed by atoms with Gasteiger partial charge >= 0.3 is 0 Å². The van der Waals surface area contributed by atoms with Gasteiger partial charge in [-0.25, -0.2) is 0 Å². The summed E-state index contributed by atoms with van der Waals surface area (Å²) in [5.41, 5.74) is 1.87. The molecule has 0 N–H and O–H groups in total. The van der Waals surface area contributed by atoms with E-state index in [2.05, 4.69) is 32.8 Å². The molecule has 0 aliphatic rings. The third-order valence-electron chi connectivity index (χ3n) is 1.96. The summed E-state index contributed by atoms with van der Waals surface area (Å²) < 4.78 is 1.09. The molecule has 0 fully saturated rings. The third-order valence-corrected chi connectivity index (χ3v) is 2.55. The zero-order chi connectivity index (χ0) is 9.97. The molecule has 4 heteroatoms. The van der Waals surface area contributed by atoms with E-state index in [1.807, 2.05) is 30.5 Å². The maximum Gasteiger partial charge on any atom is 0.106 e. The van der Waals surface area contributed by atoms with Crippen molar-refractivity contribution in [3.8, 4) is 0 Å². The topological polar surface area (TPSA) is 42.3 Å². The second-order valence-corrected chi connectivity index (χ2v) is 4.21. The lowest BCUT2D eigenvalue weighted by Crippen LogP contribution is -1.84. The van der Waals surface area contributed by atoms with E-state index in [9.17, 15) is 4.91 Å². The first-order valence-electron chi connectivity index (χ1n) is 4.13. The summed E-state index contributed by atoms with van der Waals surface area (Å²) in [5, 5.41) is 3.92. The number of fused-ring (bicyclic) bond motifs is 1. The molecule has 0 aliphatic carbocycles. The smallest absolute Gasteiger partial charge is 0.106 e. The van der Waals surface area contributed by atoms with E-state index in [4.69, 9.17) is 0 Å². The van der Waals surface area contributed by atoms with Crippen LogP contribution >= 0.6 is 22.6 Å². The molecule has 0 aliphatic heterocycles. The van der Waals surface area contributed by atoms with E-state index in [0.29, 0.717) is 0 Å². The van der Waals surface area contributed by atoms with Gasteiger partial charge < -0.3 is 0 Å². The highest BCUT2D eigenvalue weighted by Crippen LogP contribution is 2.16. The summed E-state index contributed by atoms with van der Waals surface area (Å²) in [6.45, 7) is 0.224. The normalized spacial score (nSPS) is 10.4. The Morgan fingerprint density at radius 2 is 2.21 bits per heavy atom. The van der Waals surface area contributed by atoms with Crippen molar-refractivity contribution in [2.45, 2.75) is 6.54 Å². The molecular weight excluding hydrogens is 291 g/mol. The minimum absolute atomic E-state index is 0.224. The lowest BCUT2D eigenvalue weighted by Gasteiger charge is -1.99. The minimum Gasteiger partial charge on any atom is -0.255 e. The van der Waals surface area contributed by atoms with Crippen LogP contribution in [-0.4, -0.2) is 4.98 Å². The van der Waals surface area contributed by atoms with Crippen molar-refractivity contribution in [1.82, 2.24) is 4.98 Å². The van der Waals surface area contributed by atoms with Crippen LogP contribution < -0.4 is 0 Å². The van der Waals surface area contributed by atoms with Gasteiger partial charge in [-0.1, -0.05) is 11.2 Å². The number of hydrogen-bond donors (Lipinski definition) is 0. The van der Waals surface area contributed by atoms with Crippen LogP contribution in [0.25, 0.3) is 10.9 Å². The van der Waals surface area contributed by atoms with Crippen LogP contribution in [0.5, 0.6) is 0 Å². The standard InChI is InChI=1S/C10H7IN2O/c11-9-4-8-3-7(5-13-14)1-2-10(8)12-6-9/h1-4,6H,5H2. The molecule has 2 aromatic rings. The maximum absolute atomic E-state index is 10.1. The van der Waals surface area contributed by atoms with Gasteiger partial charge in [0.25, 0.3) is 0 Å². The van der Waals surface area contributed by atoms with E-state index < -0.39 is 0 Å². The summed E-state index contributed by atoms with van der Waals surface area (Å²) in [5.74, 6) is 0. The maximum atomic E-state index is 10.1. The van der Waals surface area contributed by atoms with Gasteiger partial charge in [-0.3, -0.25) is 4.98 Å². The summed E-state index contributed by atoms with van der Waals surface area (Å²) in [7, 11) is 0. The van der Waals surface area contributed by atoms with Crippen molar-refractivity contribution in [3.05, 3.63) is 44.5 Å². The molecule has 0 spiro atoms. The van der Waals surface area contributed by atoms with Gasteiger partial charge in [-0.2, -0.15) is 4.91 Å². The number of nitrogens with zero attached hydrogens (tertiary/aromatic N) is 2. The van der Waals surface area contributed by atoms with Gasteiger partial charge in [0.1, 0.15) is 6.54 Å². The van der Waals surface area contributed by atoms with E-state index >= 15 is 0 Å². The predicted molar refractivity (Wildman–Crippen MR) is 64.0 cm³/mol. The van der Waals surface area contributed by atoms with Gasteiger partial charge in [-0.15, -0.1) is 0 Å². The zero-order valence-corrected chi connectivity index (χ0v) is 9.43. The SMILES string of the molecule is O=NCc1ccc2ncc(I)cc2c1. The summed E-state index contributed by atoms with van der Waals surface area (Å²) in [6.07, 6.45) is 1.82. The molecular formula is C10H7IN2O. The molecule has 1 aromatic carbocycles. The van der Waals surface area contributed by atoms with Gasteiger partial charge in [0, 0.05) is 15.2 Å². The van der Waals surface area contributed by atoms with Crippen molar-refractivity contribution in [2.24, 2.45) is 5.18 Å². The van der Waals surface area contributed by atoms with Crippen molar-refractivity contribution < 1.29 is 0 Å². The Morgan fingerprint density at radius 3 is 3.00 bits per heavy atom. The lowest BCUT2D eigenvalue weighted by molar-refractivity contribution is 1.06. The highest BCUT2D eigenvalue weighted by Gasteiger charge is 1.98. The first-order valence-corrected chi connectivity index (χ1v) is 5.21. The molecule has 0 amide bonds. The zero-order valence-electron chi connectivity index (χ0n) is 7.27. The molecule has 70 valence electrons. The Balaban J connectivity index is 2.57. The number of hydrogen-bond acceptors (Lipinski definition) is 3. The van der Waals surface area contributed by atoms with Gasteiger partial charge in [0.05, 0.1) is 5.52 Å². The Kier molecular flexibility index (Phi) is 2.72. The van der Waals surface area contributed by atoms with Crippen LogP contribution in [-0.2, 0) is 6.54 Å². The predicted octanol–water partition coefficient (Wildman–Crippen LogP) is 3.11. The molecule has 0 atom stereocenters. The quantitative estimate of drug-likeness (QED) is 0.631. The first kappa shape index (κ1) is 9.51. The molecule has 0 radical (unpaired) electrons. The van der Waals surface area contributed by atoms with E-state index in [1.54, 1.807) is 0 Å². The number of rotatable bonds is 2. The highest BCUT2D eigenvalue weighted by atomic mass is 127. The first-order chi connectivity index (χ1) is 6.79. The van der Waals surface area contributed by atoms with Crippen LogP contribution in [0.15, 0.2) is 35.6 Å². The largest absolute Gasteiger partial charge is 0.255 e. The average Bonchev–Trinajstić information content (AvgIpc) is 2.17. The minimum atomic E-state index is 0.224. The fourth-order valence-corrected chi connectivity index (χ4v) is 1.80. The van der Waals surface area contributed by atoms with Crippen LogP contribution in [0.1, 0.15) is 5.56 Å². The monoisotopic (exact) mass is 298 g/mol. The Labute approximate surface area is 94.7 Å². The van der Waals surface area contributed by atoms with Crippen molar-refractivity contribution in [3.63, 3.8) is 0 Å².